The van der Waals surface area contributed by atoms with E-state index in [4.69, 9.17) is 10.5 Å². The van der Waals surface area contributed by atoms with Crippen LogP contribution >= 0.6 is 0 Å². The Morgan fingerprint density at radius 1 is 1.50 bits per heavy atom. The fourth-order valence-electron chi connectivity index (χ4n) is 1.15. The van der Waals surface area contributed by atoms with E-state index >= 15 is 0 Å². The summed E-state index contributed by atoms with van der Waals surface area (Å²) >= 11 is 0. The van der Waals surface area contributed by atoms with E-state index in [9.17, 15) is 4.79 Å². The zero-order valence-corrected chi connectivity index (χ0v) is 9.69. The minimum Gasteiger partial charge on any atom is -0.491 e. The highest BCUT2D eigenvalue weighted by atomic mass is 16.5. The van der Waals surface area contributed by atoms with E-state index in [1.165, 1.54) is 0 Å². The molecule has 16 heavy (non-hydrogen) atoms. The van der Waals surface area contributed by atoms with Crippen molar-refractivity contribution in [1.82, 2.24) is 0 Å². The Labute approximate surface area is 95.8 Å². The predicted molar refractivity (Wildman–Crippen MR) is 64.5 cm³/mol. The van der Waals surface area contributed by atoms with E-state index < -0.39 is 6.04 Å². The van der Waals surface area contributed by atoms with E-state index in [0.29, 0.717) is 18.0 Å². The first-order valence-corrected chi connectivity index (χ1v) is 5.43. The standard InChI is InChI=1S/C12H18N2O2/c1-3-8-16-11-7-5-4-6-10(11)14-12(15)9(2)13/h4-7,9H,3,8,13H2,1-2H3,(H,14,15)/t9-/m1/s1. The van der Waals surface area contributed by atoms with Crippen molar-refractivity contribution in [3.63, 3.8) is 0 Å². The molecule has 1 rings (SSSR count). The highest BCUT2D eigenvalue weighted by molar-refractivity contribution is 5.95. The van der Waals surface area contributed by atoms with Gasteiger partial charge in [0.05, 0.1) is 18.3 Å². The van der Waals surface area contributed by atoms with Crippen molar-refractivity contribution in [1.29, 1.82) is 0 Å². The molecule has 0 saturated carbocycles. The van der Waals surface area contributed by atoms with Crippen LogP contribution < -0.4 is 15.8 Å². The van der Waals surface area contributed by atoms with Gasteiger partial charge in [-0.2, -0.15) is 0 Å². The summed E-state index contributed by atoms with van der Waals surface area (Å²) in [7, 11) is 0. The Bertz CT molecular complexity index is 351. The van der Waals surface area contributed by atoms with Gasteiger partial charge in [0.1, 0.15) is 5.75 Å². The maximum atomic E-state index is 11.4. The van der Waals surface area contributed by atoms with E-state index in [0.717, 1.165) is 6.42 Å². The smallest absolute Gasteiger partial charge is 0.241 e. The van der Waals surface area contributed by atoms with Crippen LogP contribution in [0, 0.1) is 0 Å². The van der Waals surface area contributed by atoms with E-state index in [1.807, 2.05) is 25.1 Å². The summed E-state index contributed by atoms with van der Waals surface area (Å²) in [4.78, 5) is 11.4. The number of rotatable bonds is 5. The molecule has 0 fully saturated rings. The SMILES string of the molecule is CCCOc1ccccc1NC(=O)[C@@H](C)N. The third-order valence-electron chi connectivity index (χ3n) is 2.02. The third kappa shape index (κ3) is 3.55. The third-order valence-corrected chi connectivity index (χ3v) is 2.02. The van der Waals surface area contributed by atoms with Crippen LogP contribution in [0.15, 0.2) is 24.3 Å². The van der Waals surface area contributed by atoms with Gasteiger partial charge in [-0.25, -0.2) is 0 Å². The molecule has 0 spiro atoms. The van der Waals surface area contributed by atoms with Crippen LogP contribution in [0.2, 0.25) is 0 Å². The molecule has 4 heteroatoms. The second-order valence-electron chi connectivity index (χ2n) is 3.62. The number of nitrogens with two attached hydrogens (primary N) is 1. The quantitative estimate of drug-likeness (QED) is 0.798. The number of carbonyl (C=O) groups excluding carboxylic acids is 1. The van der Waals surface area contributed by atoms with Gasteiger partial charge in [-0.3, -0.25) is 4.79 Å². The van der Waals surface area contributed by atoms with Gasteiger partial charge in [-0.15, -0.1) is 0 Å². The average molecular weight is 222 g/mol. The van der Waals surface area contributed by atoms with Crippen LogP contribution in [0.4, 0.5) is 5.69 Å². The van der Waals surface area contributed by atoms with Crippen molar-refractivity contribution in [2.75, 3.05) is 11.9 Å². The number of para-hydroxylation sites is 2. The molecule has 1 atom stereocenters. The number of hydrogen-bond acceptors (Lipinski definition) is 3. The molecule has 0 saturated heterocycles. The summed E-state index contributed by atoms with van der Waals surface area (Å²) in [6.07, 6.45) is 0.926. The summed E-state index contributed by atoms with van der Waals surface area (Å²) < 4.78 is 5.51. The number of hydrogen-bond donors (Lipinski definition) is 2. The van der Waals surface area contributed by atoms with E-state index in [1.54, 1.807) is 13.0 Å². The highest BCUT2D eigenvalue weighted by Gasteiger charge is 2.10. The number of anilines is 1. The zero-order chi connectivity index (χ0) is 12.0. The molecule has 0 heterocycles. The van der Waals surface area contributed by atoms with Crippen molar-refractivity contribution in [3.05, 3.63) is 24.3 Å². The van der Waals surface area contributed by atoms with Gasteiger partial charge in [-0.05, 0) is 25.5 Å². The first-order chi connectivity index (χ1) is 7.65. The topological polar surface area (TPSA) is 64.3 Å². The van der Waals surface area contributed by atoms with E-state index in [2.05, 4.69) is 5.32 Å². The highest BCUT2D eigenvalue weighted by Crippen LogP contribution is 2.23. The predicted octanol–water partition coefficient (Wildman–Crippen LogP) is 1.76. The van der Waals surface area contributed by atoms with Crippen LogP contribution in [0.3, 0.4) is 0 Å². The number of ether oxygens (including phenoxy) is 1. The van der Waals surface area contributed by atoms with Crippen molar-refractivity contribution < 1.29 is 9.53 Å². The molecule has 0 aliphatic carbocycles. The first-order valence-electron chi connectivity index (χ1n) is 5.43. The van der Waals surface area contributed by atoms with E-state index in [-0.39, 0.29) is 5.91 Å². The molecular formula is C12H18N2O2. The minimum atomic E-state index is -0.528. The molecule has 0 unspecified atom stereocenters. The average Bonchev–Trinajstić information content (AvgIpc) is 2.27. The van der Waals surface area contributed by atoms with Gasteiger partial charge in [0.25, 0.3) is 0 Å². The molecule has 0 radical (unpaired) electrons. The van der Waals surface area contributed by atoms with Crippen molar-refractivity contribution >= 4 is 11.6 Å². The fraction of sp³-hybridized carbons (Fsp3) is 0.417. The Morgan fingerprint density at radius 2 is 2.19 bits per heavy atom. The van der Waals surface area contributed by atoms with Crippen LogP contribution in [-0.4, -0.2) is 18.6 Å². The lowest BCUT2D eigenvalue weighted by Gasteiger charge is -2.12. The Kier molecular flexibility index (Phi) is 4.79. The molecule has 1 amide bonds. The molecule has 3 N–H and O–H groups in total. The number of carbonyl (C=O) groups is 1. The van der Waals surface area contributed by atoms with Crippen molar-refractivity contribution in [3.8, 4) is 5.75 Å². The Morgan fingerprint density at radius 3 is 2.81 bits per heavy atom. The van der Waals surface area contributed by atoms with Crippen LogP contribution in [0.1, 0.15) is 20.3 Å². The monoisotopic (exact) mass is 222 g/mol. The van der Waals surface area contributed by atoms with Crippen LogP contribution in [0.25, 0.3) is 0 Å². The summed E-state index contributed by atoms with van der Waals surface area (Å²) in [6.45, 7) is 4.30. The normalized spacial score (nSPS) is 11.9. The summed E-state index contributed by atoms with van der Waals surface area (Å²) in [6, 6.07) is 6.80. The molecule has 1 aromatic rings. The minimum absolute atomic E-state index is 0.215. The van der Waals surface area contributed by atoms with Crippen LogP contribution in [0.5, 0.6) is 5.75 Å². The zero-order valence-electron chi connectivity index (χ0n) is 9.69. The molecule has 4 nitrogen and oxygen atoms in total. The van der Waals surface area contributed by atoms with Crippen molar-refractivity contribution in [2.24, 2.45) is 5.73 Å². The molecule has 0 aliphatic heterocycles. The lowest BCUT2D eigenvalue weighted by molar-refractivity contribution is -0.117. The summed E-state index contributed by atoms with van der Waals surface area (Å²) in [5.41, 5.74) is 6.15. The molecule has 88 valence electrons. The Hall–Kier alpha value is -1.55. The number of nitrogens with one attached hydrogen (secondary N) is 1. The molecule has 0 aliphatic rings. The maximum Gasteiger partial charge on any atom is 0.241 e. The van der Waals surface area contributed by atoms with Gasteiger partial charge in [0.2, 0.25) is 5.91 Å². The number of amides is 1. The first kappa shape index (κ1) is 12.5. The summed E-state index contributed by atoms with van der Waals surface area (Å²) in [5, 5.41) is 2.73. The lowest BCUT2D eigenvalue weighted by Crippen LogP contribution is -2.32. The Balaban J connectivity index is 2.74. The van der Waals surface area contributed by atoms with Gasteiger partial charge < -0.3 is 15.8 Å². The largest absolute Gasteiger partial charge is 0.491 e. The molecule has 0 bridgehead atoms. The van der Waals surface area contributed by atoms with Gasteiger partial charge in [-0.1, -0.05) is 19.1 Å². The summed E-state index contributed by atoms with van der Waals surface area (Å²) in [5.74, 6) is 0.464. The second-order valence-corrected chi connectivity index (χ2v) is 3.62. The lowest BCUT2D eigenvalue weighted by atomic mass is 10.2. The van der Waals surface area contributed by atoms with Gasteiger partial charge in [0, 0.05) is 0 Å². The molecule has 0 aromatic heterocycles. The second kappa shape index (κ2) is 6.12. The van der Waals surface area contributed by atoms with Gasteiger partial charge >= 0.3 is 0 Å². The fourth-order valence-corrected chi connectivity index (χ4v) is 1.15. The van der Waals surface area contributed by atoms with Crippen molar-refractivity contribution in [2.45, 2.75) is 26.3 Å². The molecular weight excluding hydrogens is 204 g/mol. The molecule has 1 aromatic carbocycles. The van der Waals surface area contributed by atoms with Crippen LogP contribution in [-0.2, 0) is 4.79 Å². The maximum absolute atomic E-state index is 11.4. The number of benzene rings is 1. The van der Waals surface area contributed by atoms with Gasteiger partial charge in [0.15, 0.2) is 0 Å².